The summed E-state index contributed by atoms with van der Waals surface area (Å²) in [6, 6.07) is 15.3. The molecule has 1 fully saturated rings. The van der Waals surface area contributed by atoms with E-state index in [2.05, 4.69) is 0 Å². The van der Waals surface area contributed by atoms with E-state index in [1.807, 2.05) is 6.07 Å². The van der Waals surface area contributed by atoms with Crippen LogP contribution in [0.3, 0.4) is 0 Å². The lowest BCUT2D eigenvalue weighted by atomic mass is 9.92. The minimum absolute atomic E-state index is 0.238. The van der Waals surface area contributed by atoms with Crippen molar-refractivity contribution >= 4 is 5.97 Å². The molecule has 2 aromatic rings. The molecular weight excluding hydrogens is 321 g/mol. The van der Waals surface area contributed by atoms with E-state index in [1.54, 1.807) is 41.5 Å². The normalized spacial score (nSPS) is 19.4. The summed E-state index contributed by atoms with van der Waals surface area (Å²) in [7, 11) is 0. The van der Waals surface area contributed by atoms with Gasteiger partial charge in [-0.2, -0.15) is 0 Å². The van der Waals surface area contributed by atoms with Crippen LogP contribution in [0.15, 0.2) is 54.6 Å². The van der Waals surface area contributed by atoms with Gasteiger partial charge in [0.2, 0.25) is 0 Å². The molecule has 0 spiro atoms. The van der Waals surface area contributed by atoms with Crippen molar-refractivity contribution in [1.82, 2.24) is 5.06 Å². The highest BCUT2D eigenvalue weighted by Crippen LogP contribution is 2.23. The van der Waals surface area contributed by atoms with E-state index < -0.39 is 12.1 Å². The highest BCUT2D eigenvalue weighted by molar-refractivity contribution is 5.75. The molecular formula is C20H22FNO3. The monoisotopic (exact) mass is 343 g/mol. The zero-order valence-corrected chi connectivity index (χ0v) is 14.0. The Kier molecular flexibility index (Phi) is 5.79. The number of aliphatic hydroxyl groups is 1. The second-order valence-electron chi connectivity index (χ2n) is 6.45. The molecule has 5 heteroatoms. The number of carbonyl (C=O) groups excluding carboxylic acids is 1. The van der Waals surface area contributed by atoms with Crippen molar-refractivity contribution in [1.29, 1.82) is 0 Å². The Morgan fingerprint density at radius 1 is 1.20 bits per heavy atom. The van der Waals surface area contributed by atoms with E-state index in [1.165, 1.54) is 12.1 Å². The van der Waals surface area contributed by atoms with Gasteiger partial charge in [0.1, 0.15) is 5.82 Å². The smallest absolute Gasteiger partial charge is 0.358 e. The maximum absolute atomic E-state index is 13.0. The van der Waals surface area contributed by atoms with Crippen molar-refractivity contribution in [2.75, 3.05) is 13.1 Å². The summed E-state index contributed by atoms with van der Waals surface area (Å²) in [5.41, 5.74) is 1.59. The van der Waals surface area contributed by atoms with Gasteiger partial charge >= 0.3 is 5.97 Å². The summed E-state index contributed by atoms with van der Waals surface area (Å²) in [4.78, 5) is 17.5. The molecule has 1 aliphatic heterocycles. The first kappa shape index (κ1) is 17.6. The fraction of sp³-hybridized carbons (Fsp3) is 0.350. The summed E-state index contributed by atoms with van der Waals surface area (Å²) in [5.74, 6) is -0.563. The summed E-state index contributed by atoms with van der Waals surface area (Å²) < 4.78 is 13.0. The topological polar surface area (TPSA) is 49.8 Å². The molecule has 1 saturated heterocycles. The molecule has 0 unspecified atom stereocenters. The van der Waals surface area contributed by atoms with Crippen molar-refractivity contribution in [3.8, 4) is 0 Å². The van der Waals surface area contributed by atoms with Crippen LogP contribution in [0.2, 0.25) is 0 Å². The summed E-state index contributed by atoms with van der Waals surface area (Å²) in [5, 5.41) is 11.7. The van der Waals surface area contributed by atoms with E-state index in [0.29, 0.717) is 24.6 Å². The van der Waals surface area contributed by atoms with Gasteiger partial charge in [-0.05, 0) is 48.4 Å². The summed E-state index contributed by atoms with van der Waals surface area (Å²) in [6.45, 7) is 1.28. The molecule has 0 aliphatic carbocycles. The first-order valence-corrected chi connectivity index (χ1v) is 8.56. The van der Waals surface area contributed by atoms with Crippen LogP contribution in [0.25, 0.3) is 0 Å². The van der Waals surface area contributed by atoms with Crippen LogP contribution >= 0.6 is 0 Å². The van der Waals surface area contributed by atoms with Crippen LogP contribution in [-0.2, 0) is 16.1 Å². The molecule has 0 radical (unpaired) electrons. The molecule has 25 heavy (non-hydrogen) atoms. The number of hydroxylamine groups is 2. The van der Waals surface area contributed by atoms with Gasteiger partial charge in [-0.3, -0.25) is 0 Å². The number of benzene rings is 2. The molecule has 132 valence electrons. The lowest BCUT2D eigenvalue weighted by Gasteiger charge is -2.31. The summed E-state index contributed by atoms with van der Waals surface area (Å²) >= 11 is 0. The van der Waals surface area contributed by atoms with Crippen molar-refractivity contribution < 1.29 is 19.1 Å². The van der Waals surface area contributed by atoms with Gasteiger partial charge in [-0.1, -0.05) is 42.5 Å². The third kappa shape index (κ3) is 4.87. The van der Waals surface area contributed by atoms with Crippen LogP contribution in [0, 0.1) is 11.7 Å². The number of hydrogen-bond donors (Lipinski definition) is 1. The average molecular weight is 343 g/mol. The van der Waals surface area contributed by atoms with Gasteiger partial charge in [-0.25, -0.2) is 9.18 Å². The van der Waals surface area contributed by atoms with Crippen LogP contribution in [0.1, 0.15) is 30.1 Å². The minimum atomic E-state index is -1.28. The van der Waals surface area contributed by atoms with Crippen LogP contribution in [-0.4, -0.2) is 29.2 Å². The molecule has 1 aliphatic rings. The standard InChI is InChI=1S/C20H22FNO3/c21-18-10-8-15(9-11-18)13-16-5-4-12-22(14-16)25-20(24)19(23)17-6-2-1-3-7-17/h1-3,6-11,16,19,23H,4-5,12-14H2/t16-,19+/m0/s1. The van der Waals surface area contributed by atoms with Crippen molar-refractivity contribution in [2.45, 2.75) is 25.4 Å². The number of halogens is 1. The lowest BCUT2D eigenvalue weighted by Crippen LogP contribution is -2.39. The molecule has 0 aromatic heterocycles. The number of hydrogen-bond acceptors (Lipinski definition) is 4. The Balaban J connectivity index is 1.54. The van der Waals surface area contributed by atoms with Gasteiger partial charge in [-0.15, -0.1) is 5.06 Å². The van der Waals surface area contributed by atoms with E-state index in [-0.39, 0.29) is 5.82 Å². The van der Waals surface area contributed by atoms with Crippen LogP contribution < -0.4 is 0 Å². The van der Waals surface area contributed by atoms with Gasteiger partial charge in [0, 0.05) is 13.1 Å². The van der Waals surface area contributed by atoms with E-state index in [9.17, 15) is 14.3 Å². The minimum Gasteiger partial charge on any atom is -0.377 e. The fourth-order valence-corrected chi connectivity index (χ4v) is 3.18. The average Bonchev–Trinajstić information content (AvgIpc) is 2.64. The zero-order valence-electron chi connectivity index (χ0n) is 14.0. The molecule has 2 atom stereocenters. The number of piperidine rings is 1. The third-order valence-electron chi connectivity index (χ3n) is 4.48. The highest BCUT2D eigenvalue weighted by Gasteiger charge is 2.26. The largest absolute Gasteiger partial charge is 0.377 e. The zero-order chi connectivity index (χ0) is 17.6. The maximum atomic E-state index is 13.0. The molecule has 0 amide bonds. The van der Waals surface area contributed by atoms with Crippen LogP contribution in [0.5, 0.6) is 0 Å². The molecule has 4 nitrogen and oxygen atoms in total. The molecule has 1 N–H and O–H groups in total. The van der Waals surface area contributed by atoms with Crippen molar-refractivity contribution in [2.24, 2.45) is 5.92 Å². The summed E-state index contributed by atoms with van der Waals surface area (Å²) in [6.07, 6.45) is 1.49. The van der Waals surface area contributed by atoms with Crippen molar-refractivity contribution in [3.05, 3.63) is 71.5 Å². The first-order valence-electron chi connectivity index (χ1n) is 8.56. The highest BCUT2D eigenvalue weighted by atomic mass is 19.1. The van der Waals surface area contributed by atoms with Crippen LogP contribution in [0.4, 0.5) is 4.39 Å². The number of carbonyl (C=O) groups is 1. The van der Waals surface area contributed by atoms with Gasteiger partial charge in [0.05, 0.1) is 0 Å². The molecule has 2 aromatic carbocycles. The molecule has 0 saturated carbocycles. The Morgan fingerprint density at radius 2 is 1.92 bits per heavy atom. The Bertz CT molecular complexity index is 690. The SMILES string of the molecule is O=C(ON1CCC[C@@H](Cc2ccc(F)cc2)C1)[C@H](O)c1ccccc1. The number of rotatable bonds is 5. The third-order valence-corrected chi connectivity index (χ3v) is 4.48. The number of nitrogens with zero attached hydrogens (tertiary/aromatic N) is 1. The molecule has 3 rings (SSSR count). The predicted molar refractivity (Wildman–Crippen MR) is 91.9 cm³/mol. The second kappa shape index (κ2) is 8.23. The first-order chi connectivity index (χ1) is 12.1. The maximum Gasteiger partial charge on any atom is 0.358 e. The van der Waals surface area contributed by atoms with Crippen molar-refractivity contribution in [3.63, 3.8) is 0 Å². The van der Waals surface area contributed by atoms with E-state index in [4.69, 9.17) is 4.84 Å². The van der Waals surface area contributed by atoms with E-state index in [0.717, 1.165) is 24.8 Å². The van der Waals surface area contributed by atoms with E-state index >= 15 is 0 Å². The van der Waals surface area contributed by atoms with Gasteiger partial charge in [0.15, 0.2) is 6.10 Å². The van der Waals surface area contributed by atoms with Gasteiger partial charge < -0.3 is 9.94 Å². The quantitative estimate of drug-likeness (QED) is 0.905. The Morgan fingerprint density at radius 3 is 2.64 bits per heavy atom. The molecule has 0 bridgehead atoms. The Labute approximate surface area is 146 Å². The van der Waals surface area contributed by atoms with Gasteiger partial charge in [0.25, 0.3) is 0 Å². The number of aliphatic hydroxyl groups excluding tert-OH is 1. The second-order valence-corrected chi connectivity index (χ2v) is 6.45. The Hall–Kier alpha value is -2.24. The lowest BCUT2D eigenvalue weighted by molar-refractivity contribution is -0.207. The molecule has 1 heterocycles. The fourth-order valence-electron chi connectivity index (χ4n) is 3.18. The predicted octanol–water partition coefficient (Wildman–Crippen LogP) is 3.27.